The molecule has 0 radical (unpaired) electrons. The van der Waals surface area contributed by atoms with Gasteiger partial charge in [0.05, 0.1) is 9.95 Å². The second-order valence-electron chi connectivity index (χ2n) is 4.26. The van der Waals surface area contributed by atoms with Crippen LogP contribution in [0, 0.1) is 10.1 Å². The van der Waals surface area contributed by atoms with Gasteiger partial charge in [0.15, 0.2) is 0 Å². The van der Waals surface area contributed by atoms with Gasteiger partial charge >= 0.3 is 0 Å². The van der Waals surface area contributed by atoms with Gasteiger partial charge in [-0.15, -0.1) is 0 Å². The van der Waals surface area contributed by atoms with Crippen LogP contribution in [0.1, 0.15) is 5.56 Å². The number of halogens is 2. The van der Waals surface area contributed by atoms with Crippen LogP contribution in [0.5, 0.6) is 11.5 Å². The minimum atomic E-state index is -0.515. The highest BCUT2D eigenvalue weighted by Gasteiger charge is 2.11. The summed E-state index contributed by atoms with van der Waals surface area (Å²) in [5, 5.41) is 14.4. The van der Waals surface area contributed by atoms with Crippen LogP contribution in [0.3, 0.4) is 0 Å². The van der Waals surface area contributed by atoms with Crippen LogP contribution in [0.15, 0.2) is 36.4 Å². The molecule has 2 rings (SSSR count). The first-order chi connectivity index (χ1) is 10.0. The number of nitro groups is 1. The quantitative estimate of drug-likeness (QED) is 0.652. The van der Waals surface area contributed by atoms with Crippen molar-refractivity contribution in [3.63, 3.8) is 0 Å². The van der Waals surface area contributed by atoms with Crippen LogP contribution in [-0.4, -0.2) is 12.0 Å². The smallest absolute Gasteiger partial charge is 0.271 e. The van der Waals surface area contributed by atoms with Crippen molar-refractivity contribution in [3.05, 3.63) is 62.1 Å². The Morgan fingerprint density at radius 3 is 2.52 bits per heavy atom. The highest BCUT2D eigenvalue weighted by molar-refractivity contribution is 6.32. The summed E-state index contributed by atoms with van der Waals surface area (Å²) in [5.41, 5.74) is 0.857. The molecule has 0 heterocycles. The van der Waals surface area contributed by atoms with Crippen molar-refractivity contribution in [3.8, 4) is 11.5 Å². The molecular weight excluding hydrogens is 315 g/mol. The molecule has 0 saturated carbocycles. The second-order valence-corrected chi connectivity index (χ2v) is 5.07. The molecule has 0 aliphatic rings. The highest BCUT2D eigenvalue weighted by Crippen LogP contribution is 2.33. The van der Waals surface area contributed by atoms with Gasteiger partial charge in [0, 0.05) is 23.7 Å². The van der Waals surface area contributed by atoms with E-state index in [1.54, 1.807) is 12.1 Å². The first-order valence-electron chi connectivity index (χ1n) is 6.06. The average molecular weight is 327 g/mol. The molecule has 0 unspecified atom stereocenters. The summed E-state index contributed by atoms with van der Waals surface area (Å²) in [5.74, 6) is 0.843. The second kappa shape index (κ2) is 6.76. The Morgan fingerprint density at radius 1 is 1.19 bits per heavy atom. The Hall–Kier alpha value is -1.82. The lowest BCUT2D eigenvalue weighted by Gasteiger charge is -2.10. The lowest BCUT2D eigenvalue weighted by atomic mass is 10.2. The lowest BCUT2D eigenvalue weighted by Crippen LogP contribution is -2.05. The zero-order chi connectivity index (χ0) is 15.4. The topological polar surface area (TPSA) is 64.4 Å². The molecule has 0 aromatic heterocycles. The number of benzene rings is 2. The Balaban J connectivity index is 2.22. The van der Waals surface area contributed by atoms with Crippen molar-refractivity contribution in [2.75, 3.05) is 7.05 Å². The Morgan fingerprint density at radius 2 is 1.95 bits per heavy atom. The Bertz CT molecular complexity index is 677. The number of hydrogen-bond acceptors (Lipinski definition) is 4. The predicted octanol–water partition coefficient (Wildman–Crippen LogP) is 4.41. The van der Waals surface area contributed by atoms with Crippen molar-refractivity contribution in [2.24, 2.45) is 0 Å². The van der Waals surface area contributed by atoms with Gasteiger partial charge in [0.1, 0.15) is 11.5 Å². The lowest BCUT2D eigenvalue weighted by molar-refractivity contribution is -0.384. The molecular formula is C14H12Cl2N2O3. The fraction of sp³-hybridized carbons (Fsp3) is 0.143. The molecule has 5 nitrogen and oxygen atoms in total. The Labute approximate surface area is 131 Å². The van der Waals surface area contributed by atoms with E-state index in [-0.39, 0.29) is 10.7 Å². The van der Waals surface area contributed by atoms with Gasteiger partial charge in [-0.25, -0.2) is 0 Å². The molecule has 0 fully saturated rings. The molecule has 0 aliphatic carbocycles. The van der Waals surface area contributed by atoms with E-state index in [9.17, 15) is 10.1 Å². The number of nitrogens with one attached hydrogen (secondary N) is 1. The summed E-state index contributed by atoms with van der Waals surface area (Å²) in [7, 11) is 1.83. The van der Waals surface area contributed by atoms with Crippen molar-refractivity contribution in [1.29, 1.82) is 0 Å². The molecule has 110 valence electrons. The van der Waals surface area contributed by atoms with Crippen LogP contribution < -0.4 is 10.1 Å². The maximum atomic E-state index is 10.6. The average Bonchev–Trinajstić information content (AvgIpc) is 2.44. The summed E-state index contributed by atoms with van der Waals surface area (Å²) in [6.45, 7) is 0.650. The van der Waals surface area contributed by atoms with Gasteiger partial charge in [-0.05, 0) is 30.8 Å². The van der Waals surface area contributed by atoms with E-state index in [4.69, 9.17) is 27.9 Å². The Kier molecular flexibility index (Phi) is 5.01. The van der Waals surface area contributed by atoms with Crippen molar-refractivity contribution in [2.45, 2.75) is 6.54 Å². The maximum absolute atomic E-state index is 10.6. The van der Waals surface area contributed by atoms with E-state index < -0.39 is 4.92 Å². The third-order valence-corrected chi connectivity index (χ3v) is 3.39. The standard InChI is InChI=1S/C14H12Cl2N2O3/c1-17-8-9-2-4-11(7-12(9)15)21-14-5-3-10(18(19)20)6-13(14)16/h2-7,17H,8H2,1H3. The van der Waals surface area contributed by atoms with Crippen molar-refractivity contribution in [1.82, 2.24) is 5.32 Å². The van der Waals surface area contributed by atoms with Crippen molar-refractivity contribution >= 4 is 28.9 Å². The van der Waals surface area contributed by atoms with E-state index in [0.29, 0.717) is 23.1 Å². The summed E-state index contributed by atoms with van der Waals surface area (Å²) in [4.78, 5) is 10.1. The molecule has 0 saturated heterocycles. The number of ether oxygens (including phenoxy) is 1. The van der Waals surface area contributed by atoms with Gasteiger partial charge in [-0.1, -0.05) is 29.3 Å². The zero-order valence-corrected chi connectivity index (χ0v) is 12.6. The summed E-state index contributed by atoms with van der Waals surface area (Å²) in [6, 6.07) is 9.30. The molecule has 21 heavy (non-hydrogen) atoms. The molecule has 7 heteroatoms. The van der Waals surface area contributed by atoms with Gasteiger partial charge in [-0.3, -0.25) is 10.1 Å². The number of nitrogens with zero attached hydrogens (tertiary/aromatic N) is 1. The van der Waals surface area contributed by atoms with E-state index >= 15 is 0 Å². The van der Waals surface area contributed by atoms with Gasteiger partial charge in [0.25, 0.3) is 5.69 Å². The fourth-order valence-corrected chi connectivity index (χ4v) is 2.19. The molecule has 0 bridgehead atoms. The molecule has 0 amide bonds. The number of hydrogen-bond donors (Lipinski definition) is 1. The van der Waals surface area contributed by atoms with Gasteiger partial charge < -0.3 is 10.1 Å². The molecule has 0 spiro atoms. The monoisotopic (exact) mass is 326 g/mol. The summed E-state index contributed by atoms with van der Waals surface area (Å²) >= 11 is 12.1. The van der Waals surface area contributed by atoms with Crippen LogP contribution >= 0.6 is 23.2 Å². The molecule has 1 N–H and O–H groups in total. The van der Waals surface area contributed by atoms with E-state index in [0.717, 1.165) is 5.56 Å². The van der Waals surface area contributed by atoms with E-state index in [1.807, 2.05) is 13.1 Å². The maximum Gasteiger partial charge on any atom is 0.271 e. The third-order valence-electron chi connectivity index (χ3n) is 2.75. The summed E-state index contributed by atoms with van der Waals surface area (Å²) < 4.78 is 5.60. The van der Waals surface area contributed by atoms with Crippen LogP contribution in [0.25, 0.3) is 0 Å². The molecule has 2 aromatic rings. The van der Waals surface area contributed by atoms with E-state index in [2.05, 4.69) is 5.32 Å². The minimum Gasteiger partial charge on any atom is -0.456 e. The van der Waals surface area contributed by atoms with Crippen LogP contribution in [-0.2, 0) is 6.54 Å². The fourth-order valence-electron chi connectivity index (χ4n) is 1.74. The van der Waals surface area contributed by atoms with E-state index in [1.165, 1.54) is 18.2 Å². The third kappa shape index (κ3) is 3.85. The molecule has 0 aliphatic heterocycles. The van der Waals surface area contributed by atoms with Crippen LogP contribution in [0.2, 0.25) is 10.0 Å². The SMILES string of the molecule is CNCc1ccc(Oc2ccc([N+](=O)[O-])cc2Cl)cc1Cl. The predicted molar refractivity (Wildman–Crippen MR) is 82.4 cm³/mol. The summed E-state index contributed by atoms with van der Waals surface area (Å²) in [6.07, 6.45) is 0. The van der Waals surface area contributed by atoms with Gasteiger partial charge in [-0.2, -0.15) is 0 Å². The largest absolute Gasteiger partial charge is 0.456 e. The normalized spacial score (nSPS) is 10.4. The minimum absolute atomic E-state index is 0.0882. The first kappa shape index (κ1) is 15.6. The van der Waals surface area contributed by atoms with Crippen LogP contribution in [0.4, 0.5) is 5.69 Å². The number of non-ortho nitro benzene ring substituents is 1. The highest BCUT2D eigenvalue weighted by atomic mass is 35.5. The van der Waals surface area contributed by atoms with Gasteiger partial charge in [0.2, 0.25) is 0 Å². The first-order valence-corrected chi connectivity index (χ1v) is 6.81. The zero-order valence-electron chi connectivity index (χ0n) is 11.1. The number of rotatable bonds is 5. The molecule has 0 atom stereocenters. The molecule has 2 aromatic carbocycles. The van der Waals surface area contributed by atoms with Crippen molar-refractivity contribution < 1.29 is 9.66 Å². The number of nitro benzene ring substituents is 1.